The summed E-state index contributed by atoms with van der Waals surface area (Å²) in [5, 5.41) is 29.1. The van der Waals surface area contributed by atoms with Gasteiger partial charge in [-0.25, -0.2) is 4.79 Å². The molecule has 5 aromatic rings. The van der Waals surface area contributed by atoms with E-state index < -0.39 is 5.97 Å². The SMILES string of the molecule is C=C(C)C(=O)OCCc1ccc(O)c(-n2nc3ccccc3n2)c1.c1ccc2n[nH]nc2c1. The number of hydrogen-bond donors (Lipinski definition) is 2. The van der Waals surface area contributed by atoms with Crippen molar-refractivity contribution in [2.75, 3.05) is 6.61 Å². The van der Waals surface area contributed by atoms with Crippen molar-refractivity contribution in [2.45, 2.75) is 13.3 Å². The smallest absolute Gasteiger partial charge is 0.333 e. The van der Waals surface area contributed by atoms with E-state index in [-0.39, 0.29) is 12.4 Å². The number of aromatic nitrogens is 6. The molecule has 0 aliphatic rings. The van der Waals surface area contributed by atoms with Crippen LogP contribution in [0.5, 0.6) is 5.75 Å². The molecule has 0 atom stereocenters. The van der Waals surface area contributed by atoms with Crippen molar-refractivity contribution < 1.29 is 14.6 Å². The summed E-state index contributed by atoms with van der Waals surface area (Å²) >= 11 is 0. The molecule has 0 spiro atoms. The van der Waals surface area contributed by atoms with E-state index in [0.717, 1.165) is 27.6 Å². The van der Waals surface area contributed by atoms with Crippen molar-refractivity contribution in [3.63, 3.8) is 0 Å². The first-order chi connectivity index (χ1) is 16.0. The number of ether oxygens (including phenoxy) is 1. The fourth-order valence-electron chi connectivity index (χ4n) is 3.02. The van der Waals surface area contributed by atoms with E-state index in [1.165, 1.54) is 4.80 Å². The molecular weight excluding hydrogens is 420 g/mol. The van der Waals surface area contributed by atoms with Gasteiger partial charge >= 0.3 is 5.97 Å². The highest BCUT2D eigenvalue weighted by atomic mass is 16.5. The Kier molecular flexibility index (Phi) is 6.40. The summed E-state index contributed by atoms with van der Waals surface area (Å²) in [5.74, 6) is -0.327. The van der Waals surface area contributed by atoms with Gasteiger partial charge in [-0.15, -0.1) is 15.0 Å². The number of carbonyl (C=O) groups excluding carboxylic acids is 1. The lowest BCUT2D eigenvalue weighted by Gasteiger charge is -2.08. The number of nitrogens with one attached hydrogen (secondary N) is 1. The number of phenols is 1. The molecule has 0 aliphatic carbocycles. The van der Waals surface area contributed by atoms with Crippen LogP contribution in [0.15, 0.2) is 78.9 Å². The lowest BCUT2D eigenvalue weighted by molar-refractivity contribution is -0.138. The monoisotopic (exact) mass is 442 g/mol. The third-order valence-corrected chi connectivity index (χ3v) is 4.74. The minimum Gasteiger partial charge on any atom is -0.506 e. The maximum absolute atomic E-state index is 11.4. The van der Waals surface area contributed by atoms with Crippen molar-refractivity contribution in [1.82, 2.24) is 30.4 Å². The second-order valence-corrected chi connectivity index (χ2v) is 7.28. The Hall–Kier alpha value is -4.53. The molecule has 0 radical (unpaired) electrons. The Labute approximate surface area is 189 Å². The lowest BCUT2D eigenvalue weighted by atomic mass is 10.1. The van der Waals surface area contributed by atoms with E-state index in [2.05, 4.69) is 32.2 Å². The summed E-state index contributed by atoms with van der Waals surface area (Å²) in [6.07, 6.45) is 0.521. The molecule has 0 bridgehead atoms. The van der Waals surface area contributed by atoms with Gasteiger partial charge in [-0.2, -0.15) is 15.4 Å². The minimum absolute atomic E-state index is 0.0815. The van der Waals surface area contributed by atoms with Gasteiger partial charge in [0.2, 0.25) is 0 Å². The number of esters is 1. The Bertz CT molecular complexity index is 1360. The lowest BCUT2D eigenvalue weighted by Crippen LogP contribution is -2.08. The molecule has 33 heavy (non-hydrogen) atoms. The molecule has 0 amide bonds. The van der Waals surface area contributed by atoms with Crippen LogP contribution < -0.4 is 0 Å². The molecular formula is C24H22N6O3. The van der Waals surface area contributed by atoms with Crippen LogP contribution in [0.4, 0.5) is 0 Å². The largest absolute Gasteiger partial charge is 0.506 e. The zero-order valence-electron chi connectivity index (χ0n) is 18.0. The van der Waals surface area contributed by atoms with Gasteiger partial charge < -0.3 is 9.84 Å². The minimum atomic E-state index is -0.408. The van der Waals surface area contributed by atoms with Crippen LogP contribution in [0.2, 0.25) is 0 Å². The van der Waals surface area contributed by atoms with Crippen LogP contribution in [0.25, 0.3) is 27.8 Å². The number of phenolic OH excluding ortho intramolecular Hbond substituents is 1. The fourth-order valence-corrected chi connectivity index (χ4v) is 3.02. The van der Waals surface area contributed by atoms with Gasteiger partial charge in [0.15, 0.2) is 0 Å². The van der Waals surface area contributed by atoms with Gasteiger partial charge in [0.1, 0.15) is 33.5 Å². The molecule has 5 rings (SSSR count). The van der Waals surface area contributed by atoms with Crippen LogP contribution in [-0.4, -0.2) is 48.1 Å². The van der Waals surface area contributed by atoms with Gasteiger partial charge in [-0.1, -0.05) is 36.9 Å². The quantitative estimate of drug-likeness (QED) is 0.314. The maximum atomic E-state index is 11.4. The van der Waals surface area contributed by atoms with E-state index in [0.29, 0.717) is 17.7 Å². The average molecular weight is 442 g/mol. The molecule has 9 nitrogen and oxygen atoms in total. The van der Waals surface area contributed by atoms with Crippen LogP contribution in [0, 0.1) is 0 Å². The normalized spacial score (nSPS) is 10.6. The molecule has 3 aromatic carbocycles. The highest BCUT2D eigenvalue weighted by Gasteiger charge is 2.10. The van der Waals surface area contributed by atoms with Crippen LogP contribution in [-0.2, 0) is 16.0 Å². The number of nitrogens with zero attached hydrogens (tertiary/aromatic N) is 5. The summed E-state index contributed by atoms with van der Waals surface area (Å²) in [7, 11) is 0. The second-order valence-electron chi connectivity index (χ2n) is 7.28. The van der Waals surface area contributed by atoms with Gasteiger partial charge in [0.05, 0.1) is 6.61 Å². The number of hydrogen-bond acceptors (Lipinski definition) is 7. The van der Waals surface area contributed by atoms with Crippen molar-refractivity contribution in [3.05, 3.63) is 84.4 Å². The molecule has 9 heteroatoms. The number of fused-ring (bicyclic) bond motifs is 2. The molecule has 2 heterocycles. The molecule has 0 saturated heterocycles. The number of aromatic hydroxyl groups is 1. The molecule has 0 fully saturated rings. The van der Waals surface area contributed by atoms with E-state index in [1.54, 1.807) is 25.1 Å². The standard InChI is InChI=1S/C18H17N3O3.C6H5N3/c1-12(2)18(23)24-10-9-13-7-8-17(22)16(11-13)21-19-14-5-3-4-6-15(14)20-21;1-2-4-6-5(3-1)7-9-8-6/h3-8,11,22H,1,9-10H2,2H3;1-4H,(H,7,8,9). The number of benzene rings is 3. The molecule has 0 saturated carbocycles. The number of H-pyrrole nitrogens is 1. The fraction of sp³-hybridized carbons (Fsp3) is 0.125. The third-order valence-electron chi connectivity index (χ3n) is 4.74. The summed E-state index contributed by atoms with van der Waals surface area (Å²) in [4.78, 5) is 12.8. The summed E-state index contributed by atoms with van der Waals surface area (Å²) in [6, 6.07) is 20.3. The topological polar surface area (TPSA) is 119 Å². The maximum Gasteiger partial charge on any atom is 0.333 e. The number of rotatable bonds is 5. The first-order valence-electron chi connectivity index (χ1n) is 10.2. The third kappa shape index (κ3) is 5.21. The van der Waals surface area contributed by atoms with Crippen molar-refractivity contribution in [1.29, 1.82) is 0 Å². The average Bonchev–Trinajstić information content (AvgIpc) is 3.47. The van der Waals surface area contributed by atoms with E-state index >= 15 is 0 Å². The summed E-state index contributed by atoms with van der Waals surface area (Å²) in [5.41, 5.74) is 5.08. The Balaban J connectivity index is 0.000000238. The van der Waals surface area contributed by atoms with Crippen molar-refractivity contribution >= 4 is 28.0 Å². The highest BCUT2D eigenvalue weighted by molar-refractivity contribution is 5.86. The molecule has 166 valence electrons. The van der Waals surface area contributed by atoms with Crippen LogP contribution >= 0.6 is 0 Å². The first-order valence-corrected chi connectivity index (χ1v) is 10.2. The van der Waals surface area contributed by atoms with Gasteiger partial charge in [0.25, 0.3) is 0 Å². The summed E-state index contributed by atoms with van der Waals surface area (Å²) in [6.45, 7) is 5.39. The van der Waals surface area contributed by atoms with Crippen molar-refractivity contribution in [3.8, 4) is 11.4 Å². The van der Waals surface area contributed by atoms with E-state index in [9.17, 15) is 9.90 Å². The van der Waals surface area contributed by atoms with E-state index in [4.69, 9.17) is 4.74 Å². The van der Waals surface area contributed by atoms with Crippen molar-refractivity contribution in [2.24, 2.45) is 0 Å². The van der Waals surface area contributed by atoms with Crippen LogP contribution in [0.1, 0.15) is 12.5 Å². The molecule has 0 aliphatic heterocycles. The zero-order chi connectivity index (χ0) is 23.2. The number of aromatic amines is 1. The zero-order valence-corrected chi connectivity index (χ0v) is 18.0. The Morgan fingerprint density at radius 3 is 2.12 bits per heavy atom. The number of carbonyl (C=O) groups is 1. The molecule has 2 aromatic heterocycles. The first kappa shape index (κ1) is 21.7. The van der Waals surface area contributed by atoms with E-state index in [1.807, 2.05) is 48.5 Å². The second kappa shape index (κ2) is 9.73. The predicted molar refractivity (Wildman–Crippen MR) is 124 cm³/mol. The Morgan fingerprint density at radius 2 is 1.55 bits per heavy atom. The van der Waals surface area contributed by atoms with Gasteiger partial charge in [-0.05, 0) is 48.9 Å². The van der Waals surface area contributed by atoms with Gasteiger partial charge in [0, 0.05) is 12.0 Å². The molecule has 0 unspecified atom stereocenters. The summed E-state index contributed by atoms with van der Waals surface area (Å²) < 4.78 is 5.09. The van der Waals surface area contributed by atoms with Gasteiger partial charge in [-0.3, -0.25) is 0 Å². The Morgan fingerprint density at radius 1 is 0.970 bits per heavy atom. The highest BCUT2D eigenvalue weighted by Crippen LogP contribution is 2.23. The predicted octanol–water partition coefficient (Wildman–Crippen LogP) is 3.75. The number of para-hydroxylation sites is 2. The van der Waals surface area contributed by atoms with Crippen LogP contribution in [0.3, 0.4) is 0 Å². The molecule has 2 N–H and O–H groups in total.